The van der Waals surface area contributed by atoms with Gasteiger partial charge in [-0.2, -0.15) is 0 Å². The molecule has 8 nitrogen and oxygen atoms in total. The number of aryl methyl sites for hydroxylation is 1. The number of hydrogen-bond acceptors (Lipinski definition) is 5. The molecule has 0 saturated heterocycles. The fourth-order valence-electron chi connectivity index (χ4n) is 3.38. The number of aromatic nitrogens is 3. The second-order valence-electron chi connectivity index (χ2n) is 6.86. The van der Waals surface area contributed by atoms with E-state index in [2.05, 4.69) is 4.98 Å². The van der Waals surface area contributed by atoms with Crippen molar-refractivity contribution in [3.8, 4) is 0 Å². The highest BCUT2D eigenvalue weighted by Gasteiger charge is 2.15. The summed E-state index contributed by atoms with van der Waals surface area (Å²) in [5.41, 5.74) is 1.49. The highest BCUT2D eigenvalue weighted by molar-refractivity contribution is 5.73. The maximum Gasteiger partial charge on any atom is 0.331 e. The molecule has 0 fully saturated rings. The quantitative estimate of drug-likeness (QED) is 0.365. The zero-order chi connectivity index (χ0) is 21.1. The molecule has 2 aromatic carbocycles. The molecule has 4 rings (SSSR count). The van der Waals surface area contributed by atoms with E-state index in [1.165, 1.54) is 27.5 Å². The zero-order valence-electron chi connectivity index (χ0n) is 16.0. The Balaban J connectivity index is 1.77. The van der Waals surface area contributed by atoms with E-state index >= 15 is 0 Å². The van der Waals surface area contributed by atoms with Gasteiger partial charge < -0.3 is 0 Å². The number of non-ortho nitro benzene ring substituents is 1. The summed E-state index contributed by atoms with van der Waals surface area (Å²) in [5, 5.41) is 10.9. The number of benzene rings is 2. The second-order valence-corrected chi connectivity index (χ2v) is 6.86. The average Bonchev–Trinajstić information content (AvgIpc) is 2.77. The maximum absolute atomic E-state index is 13.2. The van der Waals surface area contributed by atoms with Crippen molar-refractivity contribution in [1.82, 2.24) is 14.1 Å². The molecule has 30 heavy (non-hydrogen) atoms. The van der Waals surface area contributed by atoms with Crippen molar-refractivity contribution in [2.75, 3.05) is 0 Å². The minimum absolute atomic E-state index is 0.0227. The minimum atomic E-state index is -0.473. The Bertz CT molecular complexity index is 1330. The second kappa shape index (κ2) is 8.12. The summed E-state index contributed by atoms with van der Waals surface area (Å²) >= 11 is 0. The van der Waals surface area contributed by atoms with Crippen LogP contribution in [-0.2, 0) is 19.5 Å². The Morgan fingerprint density at radius 3 is 2.30 bits per heavy atom. The van der Waals surface area contributed by atoms with E-state index in [9.17, 15) is 19.7 Å². The van der Waals surface area contributed by atoms with Gasteiger partial charge in [0.05, 0.1) is 17.0 Å². The van der Waals surface area contributed by atoms with Crippen molar-refractivity contribution in [3.05, 3.63) is 115 Å². The van der Waals surface area contributed by atoms with Gasteiger partial charge in [0.1, 0.15) is 0 Å². The van der Waals surface area contributed by atoms with E-state index in [4.69, 9.17) is 0 Å². The van der Waals surface area contributed by atoms with E-state index in [1.807, 2.05) is 30.3 Å². The van der Waals surface area contributed by atoms with Crippen LogP contribution >= 0.6 is 0 Å². The largest absolute Gasteiger partial charge is 0.331 e. The number of fused-ring (bicyclic) bond motifs is 1. The number of nitro groups is 1. The molecular formula is C22H18N4O4. The van der Waals surface area contributed by atoms with Crippen LogP contribution in [0.3, 0.4) is 0 Å². The van der Waals surface area contributed by atoms with Gasteiger partial charge in [0.2, 0.25) is 0 Å². The third-order valence-electron chi connectivity index (χ3n) is 4.94. The van der Waals surface area contributed by atoms with Crippen LogP contribution < -0.4 is 11.2 Å². The van der Waals surface area contributed by atoms with Gasteiger partial charge in [-0.25, -0.2) is 9.78 Å². The van der Waals surface area contributed by atoms with Crippen LogP contribution in [0.5, 0.6) is 0 Å². The van der Waals surface area contributed by atoms with Crippen LogP contribution in [0.4, 0.5) is 5.69 Å². The molecule has 8 heteroatoms. The van der Waals surface area contributed by atoms with Gasteiger partial charge in [0.25, 0.3) is 11.2 Å². The van der Waals surface area contributed by atoms with Crippen LogP contribution in [-0.4, -0.2) is 19.0 Å². The Morgan fingerprint density at radius 2 is 1.60 bits per heavy atom. The zero-order valence-corrected chi connectivity index (χ0v) is 16.0. The van der Waals surface area contributed by atoms with E-state index in [0.29, 0.717) is 17.5 Å². The van der Waals surface area contributed by atoms with Crippen LogP contribution in [0.25, 0.3) is 11.0 Å². The average molecular weight is 402 g/mol. The normalized spacial score (nSPS) is 10.9. The van der Waals surface area contributed by atoms with Gasteiger partial charge in [-0.3, -0.25) is 24.0 Å². The first kappa shape index (κ1) is 19.3. The van der Waals surface area contributed by atoms with Gasteiger partial charge in [-0.05, 0) is 29.7 Å². The Morgan fingerprint density at radius 1 is 0.867 bits per heavy atom. The van der Waals surface area contributed by atoms with E-state index in [1.54, 1.807) is 24.3 Å². The number of rotatable bonds is 6. The van der Waals surface area contributed by atoms with Gasteiger partial charge in [-0.15, -0.1) is 0 Å². The summed E-state index contributed by atoms with van der Waals surface area (Å²) in [5.74, 6) is 0. The lowest BCUT2D eigenvalue weighted by Crippen LogP contribution is -2.41. The van der Waals surface area contributed by atoms with Crippen LogP contribution in [0.2, 0.25) is 0 Å². The summed E-state index contributed by atoms with van der Waals surface area (Å²) in [4.78, 5) is 40.7. The lowest BCUT2D eigenvalue weighted by molar-refractivity contribution is -0.384. The summed E-state index contributed by atoms with van der Waals surface area (Å²) in [6.45, 7) is 0.402. The predicted octanol–water partition coefficient (Wildman–Crippen LogP) is 2.76. The third-order valence-corrected chi connectivity index (χ3v) is 4.94. The number of nitro benzene ring substituents is 1. The standard InChI is InChI=1S/C22H18N4O4/c27-21-20-19(7-4-13-23-20)25(15-17-8-10-18(11-9-17)26(29)30)22(28)24(21)14-12-16-5-2-1-3-6-16/h1-11,13H,12,14-15H2. The number of nitrogens with zero attached hydrogens (tertiary/aromatic N) is 4. The smallest absolute Gasteiger partial charge is 0.287 e. The first-order valence-corrected chi connectivity index (χ1v) is 9.40. The summed E-state index contributed by atoms with van der Waals surface area (Å²) in [6, 6.07) is 19.0. The molecule has 0 N–H and O–H groups in total. The number of hydrogen-bond donors (Lipinski definition) is 0. The molecule has 0 aliphatic rings. The molecule has 0 bridgehead atoms. The van der Waals surface area contributed by atoms with Crippen molar-refractivity contribution in [2.24, 2.45) is 0 Å². The lowest BCUT2D eigenvalue weighted by Gasteiger charge is -2.14. The molecule has 0 amide bonds. The van der Waals surface area contributed by atoms with Gasteiger partial charge in [-0.1, -0.05) is 42.5 Å². The molecule has 0 radical (unpaired) electrons. The molecule has 0 spiro atoms. The van der Waals surface area contributed by atoms with Crippen LogP contribution in [0.1, 0.15) is 11.1 Å². The molecule has 0 saturated carbocycles. The Hall–Kier alpha value is -4.07. The van der Waals surface area contributed by atoms with Crippen molar-refractivity contribution < 1.29 is 4.92 Å². The van der Waals surface area contributed by atoms with Gasteiger partial charge >= 0.3 is 5.69 Å². The summed E-state index contributed by atoms with van der Waals surface area (Å²) in [7, 11) is 0. The predicted molar refractivity (Wildman–Crippen MR) is 113 cm³/mol. The molecular weight excluding hydrogens is 384 g/mol. The fourth-order valence-corrected chi connectivity index (χ4v) is 3.38. The third kappa shape index (κ3) is 3.75. The van der Waals surface area contributed by atoms with Crippen molar-refractivity contribution >= 4 is 16.7 Å². The molecule has 2 heterocycles. The van der Waals surface area contributed by atoms with Gasteiger partial charge in [0, 0.05) is 24.9 Å². The maximum atomic E-state index is 13.2. The Kier molecular flexibility index (Phi) is 5.21. The number of pyridine rings is 1. The van der Waals surface area contributed by atoms with E-state index < -0.39 is 16.2 Å². The monoisotopic (exact) mass is 402 g/mol. The minimum Gasteiger partial charge on any atom is -0.287 e. The molecule has 0 unspecified atom stereocenters. The molecule has 0 aliphatic carbocycles. The van der Waals surface area contributed by atoms with Crippen molar-refractivity contribution in [1.29, 1.82) is 0 Å². The summed E-state index contributed by atoms with van der Waals surface area (Å²) < 4.78 is 2.68. The van der Waals surface area contributed by atoms with E-state index in [-0.39, 0.29) is 24.3 Å². The lowest BCUT2D eigenvalue weighted by atomic mass is 10.1. The van der Waals surface area contributed by atoms with Crippen LogP contribution in [0.15, 0.2) is 82.5 Å². The van der Waals surface area contributed by atoms with E-state index in [0.717, 1.165) is 5.56 Å². The molecule has 0 atom stereocenters. The van der Waals surface area contributed by atoms with Crippen molar-refractivity contribution in [3.63, 3.8) is 0 Å². The highest BCUT2D eigenvalue weighted by Crippen LogP contribution is 2.14. The molecule has 0 aliphatic heterocycles. The van der Waals surface area contributed by atoms with Gasteiger partial charge in [0.15, 0.2) is 5.52 Å². The molecule has 4 aromatic rings. The molecule has 150 valence electrons. The summed E-state index contributed by atoms with van der Waals surface area (Å²) in [6.07, 6.45) is 2.05. The highest BCUT2D eigenvalue weighted by atomic mass is 16.6. The van der Waals surface area contributed by atoms with Crippen LogP contribution in [0, 0.1) is 10.1 Å². The topological polar surface area (TPSA) is 100 Å². The molecule has 2 aromatic heterocycles. The fraction of sp³-hybridized carbons (Fsp3) is 0.136. The first-order chi connectivity index (χ1) is 14.5. The Labute approximate surface area is 170 Å². The SMILES string of the molecule is O=c1c2ncccc2n(Cc2ccc([N+](=O)[O-])cc2)c(=O)n1CCc1ccccc1. The first-order valence-electron chi connectivity index (χ1n) is 9.40. The van der Waals surface area contributed by atoms with Crippen molar-refractivity contribution in [2.45, 2.75) is 19.5 Å².